The van der Waals surface area contributed by atoms with E-state index in [-0.39, 0.29) is 10.8 Å². The van der Waals surface area contributed by atoms with Crippen LogP contribution in [0.15, 0.2) is 45.1 Å². The van der Waals surface area contributed by atoms with E-state index in [0.29, 0.717) is 29.8 Å². The first-order valence-electron chi connectivity index (χ1n) is 8.59. The van der Waals surface area contributed by atoms with Gasteiger partial charge in [-0.3, -0.25) is 0 Å². The maximum Gasteiger partial charge on any atom is 0.243 e. The zero-order chi connectivity index (χ0) is 19.0. The zero-order valence-corrected chi connectivity index (χ0v) is 17.0. The van der Waals surface area contributed by atoms with Crippen LogP contribution in [0.2, 0.25) is 5.02 Å². The van der Waals surface area contributed by atoms with Crippen molar-refractivity contribution >= 4 is 33.0 Å². The summed E-state index contributed by atoms with van der Waals surface area (Å²) >= 11 is 7.66. The van der Waals surface area contributed by atoms with Crippen molar-refractivity contribution in [2.24, 2.45) is 0 Å². The van der Waals surface area contributed by atoms with Crippen LogP contribution in [0.3, 0.4) is 0 Å². The van der Waals surface area contributed by atoms with Crippen LogP contribution in [0.5, 0.6) is 0 Å². The highest BCUT2D eigenvalue weighted by Gasteiger charge is 2.33. The molecule has 3 heterocycles. The Morgan fingerprint density at radius 1 is 1.33 bits per heavy atom. The Kier molecular flexibility index (Phi) is 5.07. The van der Waals surface area contributed by atoms with Gasteiger partial charge in [0.2, 0.25) is 21.7 Å². The predicted molar refractivity (Wildman–Crippen MR) is 105 cm³/mol. The summed E-state index contributed by atoms with van der Waals surface area (Å²) in [7, 11) is -3.62. The molecule has 4 rings (SSSR count). The van der Waals surface area contributed by atoms with Crippen molar-refractivity contribution in [2.45, 2.75) is 30.6 Å². The van der Waals surface area contributed by atoms with Gasteiger partial charge in [-0.25, -0.2) is 8.42 Å². The van der Waals surface area contributed by atoms with Crippen LogP contribution in [0.4, 0.5) is 0 Å². The van der Waals surface area contributed by atoms with Gasteiger partial charge in [0, 0.05) is 18.1 Å². The lowest BCUT2D eigenvalue weighted by atomic mass is 10.00. The first-order valence-corrected chi connectivity index (χ1v) is 11.3. The van der Waals surface area contributed by atoms with E-state index in [4.69, 9.17) is 16.1 Å². The largest absolute Gasteiger partial charge is 0.339 e. The molecule has 1 aliphatic heterocycles. The van der Waals surface area contributed by atoms with Gasteiger partial charge in [-0.2, -0.15) is 9.29 Å². The van der Waals surface area contributed by atoms with Gasteiger partial charge in [0.15, 0.2) is 0 Å². The molecule has 0 bridgehead atoms. The minimum atomic E-state index is -3.62. The first kappa shape index (κ1) is 18.6. The van der Waals surface area contributed by atoms with Crippen LogP contribution in [-0.2, 0) is 10.0 Å². The second-order valence-electron chi connectivity index (χ2n) is 6.55. The highest BCUT2D eigenvalue weighted by Crippen LogP contribution is 2.32. The predicted octanol–water partition coefficient (Wildman–Crippen LogP) is 4.33. The molecule has 6 nitrogen and oxygen atoms in total. The number of rotatable bonds is 4. The molecule has 0 saturated carbocycles. The number of piperidine rings is 1. The molecular weight excluding hydrogens is 406 g/mol. The molecule has 1 fully saturated rings. The van der Waals surface area contributed by atoms with Gasteiger partial charge < -0.3 is 4.52 Å². The number of hydrogen-bond donors (Lipinski definition) is 0. The quantitative estimate of drug-likeness (QED) is 0.624. The highest BCUT2D eigenvalue weighted by molar-refractivity contribution is 7.89. The molecule has 3 aromatic rings. The summed E-state index contributed by atoms with van der Waals surface area (Å²) in [5.74, 6) is 0.918. The number of aromatic nitrogens is 2. The Hall–Kier alpha value is -1.74. The lowest BCUT2D eigenvalue weighted by Gasteiger charge is -2.30. The second-order valence-corrected chi connectivity index (χ2v) is 9.84. The summed E-state index contributed by atoms with van der Waals surface area (Å²) in [5.41, 5.74) is 0.846. The molecule has 1 aromatic carbocycles. The van der Waals surface area contributed by atoms with Gasteiger partial charge in [-0.1, -0.05) is 28.9 Å². The van der Waals surface area contributed by atoms with E-state index in [1.807, 2.05) is 24.4 Å². The Morgan fingerprint density at radius 2 is 2.19 bits per heavy atom. The summed E-state index contributed by atoms with van der Waals surface area (Å²) in [5, 5.41) is 6.44. The summed E-state index contributed by atoms with van der Waals surface area (Å²) in [6.45, 7) is 2.63. The summed E-state index contributed by atoms with van der Waals surface area (Å²) in [6, 6.07) is 8.69. The molecule has 0 unspecified atom stereocenters. The molecule has 142 valence electrons. The van der Waals surface area contributed by atoms with E-state index in [9.17, 15) is 8.42 Å². The van der Waals surface area contributed by atoms with E-state index in [1.54, 1.807) is 12.1 Å². The average molecular weight is 424 g/mol. The van der Waals surface area contributed by atoms with E-state index >= 15 is 0 Å². The van der Waals surface area contributed by atoms with Crippen LogP contribution in [0.1, 0.15) is 30.2 Å². The third-order valence-electron chi connectivity index (χ3n) is 4.70. The Labute approximate surface area is 166 Å². The second kappa shape index (κ2) is 7.35. The average Bonchev–Trinajstić information content (AvgIpc) is 3.35. The van der Waals surface area contributed by atoms with Crippen LogP contribution in [-0.4, -0.2) is 36.0 Å². The van der Waals surface area contributed by atoms with Crippen molar-refractivity contribution < 1.29 is 12.9 Å². The molecule has 0 amide bonds. The smallest absolute Gasteiger partial charge is 0.243 e. The van der Waals surface area contributed by atoms with Crippen molar-refractivity contribution in [3.05, 3.63) is 52.2 Å². The van der Waals surface area contributed by atoms with E-state index in [1.165, 1.54) is 21.7 Å². The van der Waals surface area contributed by atoms with Gasteiger partial charge in [0.1, 0.15) is 0 Å². The number of hydrogen-bond acceptors (Lipinski definition) is 6. The van der Waals surface area contributed by atoms with Gasteiger partial charge in [-0.05, 0) is 48.9 Å². The van der Waals surface area contributed by atoms with Crippen molar-refractivity contribution in [3.8, 4) is 10.7 Å². The van der Waals surface area contributed by atoms with Crippen molar-refractivity contribution in [1.29, 1.82) is 0 Å². The third-order valence-corrected chi connectivity index (χ3v) is 7.83. The molecule has 0 spiro atoms. The summed E-state index contributed by atoms with van der Waals surface area (Å²) in [4.78, 5) is 5.62. The number of sulfonamides is 1. The number of aryl methyl sites for hydroxylation is 1. The molecule has 2 aromatic heterocycles. The van der Waals surface area contributed by atoms with Crippen molar-refractivity contribution in [1.82, 2.24) is 14.4 Å². The summed E-state index contributed by atoms with van der Waals surface area (Å²) < 4.78 is 33.0. The molecule has 27 heavy (non-hydrogen) atoms. The molecule has 1 saturated heterocycles. The Bertz CT molecular complexity index is 1050. The maximum atomic E-state index is 13.0. The fraction of sp³-hybridized carbons (Fsp3) is 0.333. The maximum absolute atomic E-state index is 13.0. The van der Waals surface area contributed by atoms with Gasteiger partial charge >= 0.3 is 0 Å². The third kappa shape index (κ3) is 3.67. The number of benzene rings is 1. The Morgan fingerprint density at radius 3 is 2.93 bits per heavy atom. The normalized spacial score (nSPS) is 18.7. The van der Waals surface area contributed by atoms with Gasteiger partial charge in [-0.15, -0.1) is 11.3 Å². The number of thiophene rings is 1. The van der Waals surface area contributed by atoms with E-state index in [2.05, 4.69) is 10.1 Å². The van der Waals surface area contributed by atoms with Gasteiger partial charge in [0.05, 0.1) is 15.7 Å². The molecule has 0 aliphatic carbocycles. The lowest BCUT2D eigenvalue weighted by Crippen LogP contribution is -2.39. The van der Waals surface area contributed by atoms with Crippen molar-refractivity contribution in [3.63, 3.8) is 0 Å². The molecular formula is C18H18ClN3O3S2. The standard InChI is InChI=1S/C18H18ClN3O3S2/c1-12-6-7-14(10-15(12)19)27(23,24)22-8-2-4-13(11-22)18-20-17(21-25-18)16-5-3-9-26-16/h3,5-7,9-10,13H,2,4,8,11H2,1H3/t13-/m0/s1. The zero-order valence-electron chi connectivity index (χ0n) is 14.6. The molecule has 1 aliphatic rings. The number of halogens is 1. The fourth-order valence-electron chi connectivity index (χ4n) is 3.15. The lowest BCUT2D eigenvalue weighted by molar-refractivity contribution is 0.265. The number of nitrogens with zero attached hydrogens (tertiary/aromatic N) is 3. The van der Waals surface area contributed by atoms with Crippen molar-refractivity contribution in [2.75, 3.05) is 13.1 Å². The molecule has 0 radical (unpaired) electrons. The SMILES string of the molecule is Cc1ccc(S(=O)(=O)N2CCC[C@H](c3nc(-c4cccs4)no3)C2)cc1Cl. The monoisotopic (exact) mass is 423 g/mol. The van der Waals surface area contributed by atoms with Crippen LogP contribution >= 0.6 is 22.9 Å². The highest BCUT2D eigenvalue weighted by atomic mass is 35.5. The first-order chi connectivity index (χ1) is 12.9. The molecule has 9 heteroatoms. The Balaban J connectivity index is 1.56. The minimum Gasteiger partial charge on any atom is -0.339 e. The molecule has 0 N–H and O–H groups in total. The van der Waals surface area contributed by atoms with Crippen LogP contribution in [0, 0.1) is 6.92 Å². The fourth-order valence-corrected chi connectivity index (χ4v) is 5.60. The molecule has 1 atom stereocenters. The van der Waals surface area contributed by atoms with Crippen LogP contribution < -0.4 is 0 Å². The van der Waals surface area contributed by atoms with Gasteiger partial charge in [0.25, 0.3) is 0 Å². The van der Waals surface area contributed by atoms with Crippen LogP contribution in [0.25, 0.3) is 10.7 Å². The summed E-state index contributed by atoms with van der Waals surface area (Å²) in [6.07, 6.45) is 1.55. The van der Waals surface area contributed by atoms with E-state index in [0.717, 1.165) is 23.3 Å². The minimum absolute atomic E-state index is 0.115. The van der Waals surface area contributed by atoms with E-state index < -0.39 is 10.0 Å². The topological polar surface area (TPSA) is 76.3 Å².